The van der Waals surface area contributed by atoms with E-state index in [0.717, 1.165) is 12.2 Å². The molecule has 3 heteroatoms. The Bertz CT molecular complexity index is 464. The monoisotopic (exact) mass is 261 g/mol. The van der Waals surface area contributed by atoms with Crippen molar-refractivity contribution >= 4 is 5.91 Å². The highest BCUT2D eigenvalue weighted by Gasteiger charge is 2.24. The van der Waals surface area contributed by atoms with Crippen molar-refractivity contribution in [1.29, 1.82) is 0 Å². The second kappa shape index (κ2) is 5.24. The minimum Gasteiger partial charge on any atom is -0.496 e. The first-order valence-electron chi connectivity index (χ1n) is 6.87. The molecule has 1 amide bonds. The molecule has 3 nitrogen and oxygen atoms in total. The van der Waals surface area contributed by atoms with E-state index >= 15 is 0 Å². The van der Waals surface area contributed by atoms with Crippen molar-refractivity contribution in [2.45, 2.75) is 44.9 Å². The number of hydrogen-bond donors (Lipinski definition) is 1. The van der Waals surface area contributed by atoms with Crippen LogP contribution in [0, 0.1) is 0 Å². The number of nitrogens with one attached hydrogen (secondary N) is 1. The maximum atomic E-state index is 11.3. The highest BCUT2D eigenvalue weighted by Crippen LogP contribution is 2.35. The summed E-state index contributed by atoms with van der Waals surface area (Å²) >= 11 is 0. The van der Waals surface area contributed by atoms with E-state index < -0.39 is 0 Å². The Hall–Kier alpha value is -1.51. The number of carbonyl (C=O) groups is 1. The first kappa shape index (κ1) is 13.9. The molecule has 104 valence electrons. The first-order chi connectivity index (χ1) is 8.91. The van der Waals surface area contributed by atoms with Gasteiger partial charge in [-0.2, -0.15) is 0 Å². The quantitative estimate of drug-likeness (QED) is 0.888. The molecule has 0 aromatic heterocycles. The van der Waals surface area contributed by atoms with Gasteiger partial charge in [0.2, 0.25) is 5.91 Å². The predicted molar refractivity (Wildman–Crippen MR) is 76.7 cm³/mol. The summed E-state index contributed by atoms with van der Waals surface area (Å²) in [6.07, 6.45) is 1.50. The lowest BCUT2D eigenvalue weighted by molar-refractivity contribution is -0.122. The molecule has 0 radical (unpaired) electrons. The van der Waals surface area contributed by atoms with Gasteiger partial charge in [0.15, 0.2) is 0 Å². The molecule has 1 saturated heterocycles. The largest absolute Gasteiger partial charge is 0.496 e. The topological polar surface area (TPSA) is 38.3 Å². The predicted octanol–water partition coefficient (Wildman–Crippen LogP) is 2.99. The van der Waals surface area contributed by atoms with Crippen LogP contribution in [0.1, 0.15) is 50.7 Å². The van der Waals surface area contributed by atoms with Crippen LogP contribution in [0.3, 0.4) is 0 Å². The van der Waals surface area contributed by atoms with Crippen molar-refractivity contribution in [3.05, 3.63) is 29.3 Å². The zero-order valence-corrected chi connectivity index (χ0v) is 12.2. The summed E-state index contributed by atoms with van der Waals surface area (Å²) in [5.41, 5.74) is 2.65. The third-order valence-electron chi connectivity index (χ3n) is 3.80. The summed E-state index contributed by atoms with van der Waals surface area (Å²) in [6, 6.07) is 6.41. The Morgan fingerprint density at radius 2 is 2.05 bits per heavy atom. The number of carbonyl (C=O) groups excluding carboxylic acids is 1. The Balaban J connectivity index is 2.33. The molecule has 1 aliphatic rings. The fraction of sp³-hybridized carbons (Fsp3) is 0.562. The maximum absolute atomic E-state index is 11.3. The minimum atomic E-state index is 0.124. The van der Waals surface area contributed by atoms with Crippen LogP contribution in [-0.2, 0) is 10.2 Å². The Morgan fingerprint density at radius 1 is 1.32 bits per heavy atom. The summed E-state index contributed by atoms with van der Waals surface area (Å²) in [5.74, 6) is 1.44. The molecule has 1 unspecified atom stereocenters. The van der Waals surface area contributed by atoms with Gasteiger partial charge in [-0.15, -0.1) is 0 Å². The van der Waals surface area contributed by atoms with Crippen LogP contribution in [0.15, 0.2) is 18.2 Å². The van der Waals surface area contributed by atoms with Crippen molar-refractivity contribution < 1.29 is 9.53 Å². The fourth-order valence-electron chi connectivity index (χ4n) is 2.52. The van der Waals surface area contributed by atoms with Gasteiger partial charge in [-0.05, 0) is 29.0 Å². The summed E-state index contributed by atoms with van der Waals surface area (Å²) in [4.78, 5) is 11.3. The molecule has 1 N–H and O–H groups in total. The number of amides is 1. The molecule has 1 aromatic carbocycles. The molecular formula is C16H23NO2. The first-order valence-corrected chi connectivity index (χ1v) is 6.87. The van der Waals surface area contributed by atoms with Crippen molar-refractivity contribution in [1.82, 2.24) is 5.32 Å². The van der Waals surface area contributed by atoms with E-state index in [9.17, 15) is 4.79 Å². The maximum Gasteiger partial charge on any atom is 0.220 e. The number of benzene rings is 1. The second-order valence-corrected chi connectivity index (χ2v) is 6.25. The average molecular weight is 261 g/mol. The number of ether oxygens (including phenoxy) is 1. The Morgan fingerprint density at radius 3 is 2.58 bits per heavy atom. The van der Waals surface area contributed by atoms with Crippen molar-refractivity contribution in [2.75, 3.05) is 13.7 Å². The molecule has 19 heavy (non-hydrogen) atoms. The lowest BCUT2D eigenvalue weighted by Crippen LogP contribution is -2.33. The lowest BCUT2D eigenvalue weighted by Gasteiger charge is -2.27. The van der Waals surface area contributed by atoms with E-state index in [1.54, 1.807) is 7.11 Å². The lowest BCUT2D eigenvalue weighted by atomic mass is 9.82. The average Bonchev–Trinajstić information content (AvgIpc) is 2.38. The number of rotatable bonds is 2. The normalized spacial score (nSPS) is 20.0. The van der Waals surface area contributed by atoms with Gasteiger partial charge >= 0.3 is 0 Å². The minimum absolute atomic E-state index is 0.124. The van der Waals surface area contributed by atoms with Crippen LogP contribution in [0.25, 0.3) is 0 Å². The Labute approximate surface area is 115 Å². The van der Waals surface area contributed by atoms with Crippen LogP contribution in [0.2, 0.25) is 0 Å². The Kier molecular flexibility index (Phi) is 3.83. The molecule has 1 aliphatic heterocycles. The molecule has 1 fully saturated rings. The van der Waals surface area contributed by atoms with Crippen LogP contribution in [-0.4, -0.2) is 19.6 Å². The molecule has 1 heterocycles. The zero-order chi connectivity index (χ0) is 14.0. The smallest absolute Gasteiger partial charge is 0.220 e. The standard InChI is InChI=1S/C16H23NO2/c1-16(2,3)12-6-7-14(19-4)13(9-12)11-5-8-15(18)17-10-11/h6-7,9,11H,5,8,10H2,1-4H3,(H,17,18). The van der Waals surface area contributed by atoms with E-state index in [1.807, 2.05) is 6.07 Å². The van der Waals surface area contributed by atoms with Crippen LogP contribution in [0.4, 0.5) is 0 Å². The van der Waals surface area contributed by atoms with Crippen molar-refractivity contribution in [3.63, 3.8) is 0 Å². The number of piperidine rings is 1. The van der Waals surface area contributed by atoms with Crippen LogP contribution < -0.4 is 10.1 Å². The second-order valence-electron chi connectivity index (χ2n) is 6.25. The van der Waals surface area contributed by atoms with Gasteiger partial charge in [-0.1, -0.05) is 32.9 Å². The van der Waals surface area contributed by atoms with E-state index in [2.05, 4.69) is 38.2 Å². The molecule has 1 atom stereocenters. The van der Waals surface area contributed by atoms with Gasteiger partial charge in [0.05, 0.1) is 7.11 Å². The van der Waals surface area contributed by atoms with E-state index in [0.29, 0.717) is 18.9 Å². The molecule has 0 bridgehead atoms. The van der Waals surface area contributed by atoms with Crippen molar-refractivity contribution in [3.8, 4) is 5.75 Å². The van der Waals surface area contributed by atoms with Gasteiger partial charge < -0.3 is 10.1 Å². The molecule has 0 aliphatic carbocycles. The highest BCUT2D eigenvalue weighted by atomic mass is 16.5. The third kappa shape index (κ3) is 3.09. The van der Waals surface area contributed by atoms with E-state index in [1.165, 1.54) is 11.1 Å². The zero-order valence-electron chi connectivity index (χ0n) is 12.2. The van der Waals surface area contributed by atoms with Crippen molar-refractivity contribution in [2.24, 2.45) is 0 Å². The van der Waals surface area contributed by atoms with Gasteiger partial charge in [-0.3, -0.25) is 4.79 Å². The molecular weight excluding hydrogens is 238 g/mol. The summed E-state index contributed by atoms with van der Waals surface area (Å²) in [7, 11) is 1.71. The van der Waals surface area contributed by atoms with E-state index in [-0.39, 0.29) is 11.3 Å². The van der Waals surface area contributed by atoms with Gasteiger partial charge in [0.25, 0.3) is 0 Å². The van der Waals surface area contributed by atoms with Crippen LogP contribution >= 0.6 is 0 Å². The SMILES string of the molecule is COc1ccc(C(C)(C)C)cc1C1CCC(=O)NC1. The summed E-state index contributed by atoms with van der Waals surface area (Å²) in [6.45, 7) is 7.34. The molecule has 1 aromatic rings. The molecule has 0 spiro atoms. The summed E-state index contributed by atoms with van der Waals surface area (Å²) < 4.78 is 5.48. The third-order valence-corrected chi connectivity index (χ3v) is 3.80. The van der Waals surface area contributed by atoms with Gasteiger partial charge in [0.1, 0.15) is 5.75 Å². The fourth-order valence-corrected chi connectivity index (χ4v) is 2.52. The number of methoxy groups -OCH3 is 1. The van der Waals surface area contributed by atoms with Gasteiger partial charge in [0, 0.05) is 18.9 Å². The van der Waals surface area contributed by atoms with Crippen LogP contribution in [0.5, 0.6) is 5.75 Å². The molecule has 0 saturated carbocycles. The highest BCUT2D eigenvalue weighted by molar-refractivity contribution is 5.77. The summed E-state index contributed by atoms with van der Waals surface area (Å²) in [5, 5.41) is 2.95. The van der Waals surface area contributed by atoms with E-state index in [4.69, 9.17) is 4.74 Å². The number of hydrogen-bond acceptors (Lipinski definition) is 2. The van der Waals surface area contributed by atoms with Gasteiger partial charge in [-0.25, -0.2) is 0 Å². The molecule has 2 rings (SSSR count).